The summed E-state index contributed by atoms with van der Waals surface area (Å²) in [7, 11) is 0. The van der Waals surface area contributed by atoms with E-state index in [-0.39, 0.29) is 5.91 Å². The molecular formula is C14H18N4O. The molecule has 5 nitrogen and oxygen atoms in total. The topological polar surface area (TPSA) is 59.3 Å². The lowest BCUT2D eigenvalue weighted by Gasteiger charge is -2.16. The van der Waals surface area contributed by atoms with Gasteiger partial charge in [0, 0.05) is 18.3 Å². The van der Waals surface area contributed by atoms with E-state index in [0.29, 0.717) is 17.4 Å². The molecule has 0 bridgehead atoms. The van der Waals surface area contributed by atoms with Crippen molar-refractivity contribution < 1.29 is 4.79 Å². The van der Waals surface area contributed by atoms with Gasteiger partial charge in [-0.25, -0.2) is 9.50 Å². The second-order valence-electron chi connectivity index (χ2n) is 5.09. The maximum absolute atomic E-state index is 12.3. The van der Waals surface area contributed by atoms with Crippen LogP contribution in [0.3, 0.4) is 0 Å². The van der Waals surface area contributed by atoms with Crippen molar-refractivity contribution in [2.75, 3.05) is 0 Å². The van der Waals surface area contributed by atoms with Gasteiger partial charge in [0.25, 0.3) is 5.91 Å². The van der Waals surface area contributed by atoms with E-state index < -0.39 is 0 Å². The highest BCUT2D eigenvalue weighted by atomic mass is 16.2. The third kappa shape index (κ3) is 2.59. The van der Waals surface area contributed by atoms with E-state index in [0.717, 1.165) is 12.8 Å². The van der Waals surface area contributed by atoms with Crippen molar-refractivity contribution in [1.82, 2.24) is 19.9 Å². The fourth-order valence-corrected chi connectivity index (χ4v) is 2.69. The monoisotopic (exact) mass is 258 g/mol. The van der Waals surface area contributed by atoms with Gasteiger partial charge in [-0.05, 0) is 18.9 Å². The van der Waals surface area contributed by atoms with E-state index in [2.05, 4.69) is 15.4 Å². The molecule has 0 saturated heterocycles. The molecule has 19 heavy (non-hydrogen) atoms. The second-order valence-corrected chi connectivity index (χ2v) is 5.09. The third-order valence-corrected chi connectivity index (χ3v) is 3.71. The van der Waals surface area contributed by atoms with Gasteiger partial charge in [-0.2, -0.15) is 5.10 Å². The third-order valence-electron chi connectivity index (χ3n) is 3.71. The molecule has 0 aromatic carbocycles. The average molecular weight is 258 g/mol. The van der Waals surface area contributed by atoms with E-state index in [4.69, 9.17) is 0 Å². The van der Waals surface area contributed by atoms with Gasteiger partial charge in [0.05, 0.1) is 6.20 Å². The molecule has 2 heterocycles. The van der Waals surface area contributed by atoms with Crippen LogP contribution in [0.4, 0.5) is 0 Å². The van der Waals surface area contributed by atoms with Crippen LogP contribution >= 0.6 is 0 Å². The van der Waals surface area contributed by atoms with Gasteiger partial charge in [0.15, 0.2) is 5.65 Å². The SMILES string of the molecule is O=C(NC1CCCCCC1)c1ccnc2ccnn12. The Balaban J connectivity index is 1.77. The van der Waals surface area contributed by atoms with E-state index >= 15 is 0 Å². The van der Waals surface area contributed by atoms with Crippen LogP contribution in [-0.2, 0) is 0 Å². The molecule has 0 atom stereocenters. The summed E-state index contributed by atoms with van der Waals surface area (Å²) in [5, 5.41) is 7.27. The first-order chi connectivity index (χ1) is 9.34. The van der Waals surface area contributed by atoms with Crippen molar-refractivity contribution >= 4 is 11.6 Å². The summed E-state index contributed by atoms with van der Waals surface area (Å²) < 4.78 is 1.59. The molecule has 2 aromatic rings. The van der Waals surface area contributed by atoms with Crippen molar-refractivity contribution in [2.45, 2.75) is 44.6 Å². The highest BCUT2D eigenvalue weighted by Gasteiger charge is 2.17. The predicted octanol–water partition coefficient (Wildman–Crippen LogP) is 2.18. The van der Waals surface area contributed by atoms with Crippen LogP contribution in [0.15, 0.2) is 24.5 Å². The minimum Gasteiger partial charge on any atom is -0.348 e. The maximum atomic E-state index is 12.3. The first kappa shape index (κ1) is 12.1. The average Bonchev–Trinajstić information content (AvgIpc) is 2.76. The zero-order valence-electron chi connectivity index (χ0n) is 10.9. The molecule has 0 radical (unpaired) electrons. The van der Waals surface area contributed by atoms with Crippen molar-refractivity contribution in [3.05, 3.63) is 30.2 Å². The lowest BCUT2D eigenvalue weighted by atomic mass is 10.1. The fraction of sp³-hybridized carbons (Fsp3) is 0.500. The van der Waals surface area contributed by atoms with Gasteiger partial charge in [-0.15, -0.1) is 0 Å². The molecule has 100 valence electrons. The first-order valence-electron chi connectivity index (χ1n) is 6.94. The number of rotatable bonds is 2. The van der Waals surface area contributed by atoms with Crippen molar-refractivity contribution in [3.63, 3.8) is 0 Å². The number of aromatic nitrogens is 3. The Hall–Kier alpha value is -1.91. The first-order valence-corrected chi connectivity index (χ1v) is 6.94. The molecule has 1 fully saturated rings. The number of amides is 1. The van der Waals surface area contributed by atoms with E-state index in [1.54, 1.807) is 29.0 Å². The van der Waals surface area contributed by atoms with E-state index in [1.807, 2.05) is 0 Å². The standard InChI is InChI=1S/C14H18N4O/c19-14(17-11-5-3-1-2-4-6-11)12-7-9-15-13-8-10-16-18(12)13/h7-11H,1-6H2,(H,17,19). The molecule has 1 aliphatic carbocycles. The molecule has 1 N–H and O–H groups in total. The van der Waals surface area contributed by atoms with Crippen LogP contribution in [0, 0.1) is 0 Å². The Kier molecular flexibility index (Phi) is 3.44. The maximum Gasteiger partial charge on any atom is 0.270 e. The molecule has 3 rings (SSSR count). The van der Waals surface area contributed by atoms with Crippen molar-refractivity contribution in [3.8, 4) is 0 Å². The zero-order chi connectivity index (χ0) is 13.1. The lowest BCUT2D eigenvalue weighted by Crippen LogP contribution is -2.35. The second kappa shape index (κ2) is 5.38. The van der Waals surface area contributed by atoms with Crippen LogP contribution in [0.5, 0.6) is 0 Å². The Morgan fingerprint density at radius 3 is 2.74 bits per heavy atom. The highest BCUT2D eigenvalue weighted by Crippen LogP contribution is 2.17. The lowest BCUT2D eigenvalue weighted by molar-refractivity contribution is 0.0925. The van der Waals surface area contributed by atoms with E-state index in [9.17, 15) is 4.79 Å². The summed E-state index contributed by atoms with van der Waals surface area (Å²) in [6.07, 6.45) is 10.5. The van der Waals surface area contributed by atoms with Crippen LogP contribution in [0.2, 0.25) is 0 Å². The van der Waals surface area contributed by atoms with Crippen LogP contribution in [0.25, 0.3) is 5.65 Å². The quantitative estimate of drug-likeness (QED) is 0.840. The molecule has 5 heteroatoms. The highest BCUT2D eigenvalue weighted by molar-refractivity contribution is 5.93. The number of fused-ring (bicyclic) bond motifs is 1. The molecule has 0 spiro atoms. The summed E-state index contributed by atoms with van der Waals surface area (Å²) in [4.78, 5) is 16.5. The number of nitrogens with one attached hydrogen (secondary N) is 1. The molecule has 1 aliphatic rings. The molecule has 1 amide bonds. The van der Waals surface area contributed by atoms with Gasteiger partial charge in [-0.3, -0.25) is 4.79 Å². The number of carbonyl (C=O) groups excluding carboxylic acids is 1. The predicted molar refractivity (Wildman–Crippen MR) is 71.9 cm³/mol. The van der Waals surface area contributed by atoms with Crippen molar-refractivity contribution in [1.29, 1.82) is 0 Å². The van der Waals surface area contributed by atoms with Gasteiger partial charge in [0.1, 0.15) is 5.69 Å². The number of carbonyl (C=O) groups is 1. The summed E-state index contributed by atoms with van der Waals surface area (Å²) >= 11 is 0. The van der Waals surface area contributed by atoms with Crippen LogP contribution in [-0.4, -0.2) is 26.5 Å². The van der Waals surface area contributed by atoms with Crippen molar-refractivity contribution in [2.24, 2.45) is 0 Å². The number of nitrogens with zero attached hydrogens (tertiary/aromatic N) is 3. The summed E-state index contributed by atoms with van der Waals surface area (Å²) in [5.41, 5.74) is 1.26. The Morgan fingerprint density at radius 2 is 1.95 bits per heavy atom. The Labute approximate surface area is 112 Å². The minimum absolute atomic E-state index is 0.0528. The van der Waals surface area contributed by atoms with E-state index in [1.165, 1.54) is 25.7 Å². The Morgan fingerprint density at radius 1 is 1.16 bits per heavy atom. The van der Waals surface area contributed by atoms with Gasteiger partial charge in [-0.1, -0.05) is 25.7 Å². The van der Waals surface area contributed by atoms with Gasteiger partial charge in [0.2, 0.25) is 0 Å². The Bertz CT molecular complexity index is 570. The van der Waals surface area contributed by atoms with Gasteiger partial charge >= 0.3 is 0 Å². The van der Waals surface area contributed by atoms with Gasteiger partial charge < -0.3 is 5.32 Å². The molecule has 0 unspecified atom stereocenters. The molecular weight excluding hydrogens is 240 g/mol. The summed E-state index contributed by atoms with van der Waals surface area (Å²) in [6.45, 7) is 0. The van der Waals surface area contributed by atoms with Crippen LogP contribution < -0.4 is 5.32 Å². The molecule has 0 aliphatic heterocycles. The normalized spacial score (nSPS) is 17.3. The largest absolute Gasteiger partial charge is 0.348 e. The number of hydrogen-bond acceptors (Lipinski definition) is 3. The summed E-state index contributed by atoms with van der Waals surface area (Å²) in [6, 6.07) is 3.81. The van der Waals surface area contributed by atoms with Crippen LogP contribution in [0.1, 0.15) is 49.0 Å². The molecule has 1 saturated carbocycles. The fourth-order valence-electron chi connectivity index (χ4n) is 2.69. The zero-order valence-corrected chi connectivity index (χ0v) is 10.9. The minimum atomic E-state index is -0.0528. The summed E-state index contributed by atoms with van der Waals surface area (Å²) in [5.74, 6) is -0.0528. The number of hydrogen-bond donors (Lipinski definition) is 1. The smallest absolute Gasteiger partial charge is 0.270 e. The molecule has 2 aromatic heterocycles.